The molecule has 0 fully saturated rings. The molecule has 1 atom stereocenters. The number of amides is 1. The fourth-order valence-corrected chi connectivity index (χ4v) is 7.96. The molecule has 4 rings (SSSR count). The van der Waals surface area contributed by atoms with Crippen LogP contribution in [0.15, 0.2) is 52.7 Å². The summed E-state index contributed by atoms with van der Waals surface area (Å²) in [6.07, 6.45) is 0.676. The van der Waals surface area contributed by atoms with Crippen molar-refractivity contribution in [3.05, 3.63) is 83.9 Å². The van der Waals surface area contributed by atoms with Crippen molar-refractivity contribution in [3.8, 4) is 0 Å². The van der Waals surface area contributed by atoms with E-state index >= 15 is 0 Å². The molecule has 2 aromatic carbocycles. The van der Waals surface area contributed by atoms with Gasteiger partial charge in [0.05, 0.1) is 17.6 Å². The Morgan fingerprint density at radius 3 is 2.40 bits per heavy atom. The van der Waals surface area contributed by atoms with Crippen LogP contribution in [0.5, 0.6) is 0 Å². The smallest absolute Gasteiger partial charge is 0.245 e. The van der Waals surface area contributed by atoms with E-state index in [1.165, 1.54) is 23.1 Å². The van der Waals surface area contributed by atoms with Gasteiger partial charge >= 0.3 is 0 Å². The average molecular weight is 592 g/mol. The molecular weight excluding hydrogens is 570 g/mol. The Hall–Kier alpha value is -1.32. The zero-order valence-electron chi connectivity index (χ0n) is 18.8. The van der Waals surface area contributed by atoms with Crippen molar-refractivity contribution in [2.45, 2.75) is 37.2 Å². The summed E-state index contributed by atoms with van der Waals surface area (Å²) in [6.45, 7) is 3.50. The van der Waals surface area contributed by atoms with Crippen molar-refractivity contribution in [2.24, 2.45) is 0 Å². The first-order valence-electron chi connectivity index (χ1n) is 10.8. The molecule has 11 heteroatoms. The minimum absolute atomic E-state index is 0.0409. The van der Waals surface area contributed by atoms with E-state index in [-0.39, 0.29) is 27.4 Å². The van der Waals surface area contributed by atoms with E-state index in [4.69, 9.17) is 46.4 Å². The molecule has 35 heavy (non-hydrogen) atoms. The molecule has 0 saturated carbocycles. The second kappa shape index (κ2) is 10.6. The van der Waals surface area contributed by atoms with Gasteiger partial charge in [-0.25, -0.2) is 8.42 Å². The third-order valence-electron chi connectivity index (χ3n) is 5.89. The first kappa shape index (κ1) is 26.7. The fourth-order valence-electron chi connectivity index (χ4n) is 4.21. The first-order valence-corrected chi connectivity index (χ1v) is 14.6. The van der Waals surface area contributed by atoms with Crippen LogP contribution in [0.25, 0.3) is 0 Å². The van der Waals surface area contributed by atoms with Crippen LogP contribution in [-0.2, 0) is 21.2 Å². The average Bonchev–Trinajstić information content (AvgIpc) is 3.27. The number of rotatable bonds is 6. The molecule has 1 aromatic heterocycles. The number of benzene rings is 2. The molecule has 5 nitrogen and oxygen atoms in total. The Morgan fingerprint density at radius 2 is 1.71 bits per heavy atom. The fraction of sp³-hybridized carbons (Fsp3) is 0.292. The van der Waals surface area contributed by atoms with Crippen molar-refractivity contribution >= 4 is 73.7 Å². The highest BCUT2D eigenvalue weighted by Crippen LogP contribution is 2.41. The standard InChI is InChI=1S/C24H22Cl4N2O3S2/c1-14(2)30(35(32,33)22-12-16(26)4-6-19(22)27)13-23(31)29-9-7-21-18(8-10-34-21)24(29)17-5-3-15(25)11-20(17)28/h3-6,8,10-12,14,24H,7,9,13H2,1-2H3. The Labute approximate surface area is 229 Å². The summed E-state index contributed by atoms with van der Waals surface area (Å²) < 4.78 is 28.2. The highest BCUT2D eigenvalue weighted by Gasteiger charge is 2.37. The predicted molar refractivity (Wildman–Crippen MR) is 144 cm³/mol. The summed E-state index contributed by atoms with van der Waals surface area (Å²) in [5.74, 6) is -0.340. The van der Waals surface area contributed by atoms with Crippen LogP contribution >= 0.6 is 57.7 Å². The van der Waals surface area contributed by atoms with Gasteiger partial charge in [0.25, 0.3) is 0 Å². The SMILES string of the molecule is CC(C)N(CC(=O)N1CCc2sccc2C1c1ccc(Cl)cc1Cl)S(=O)(=O)c1cc(Cl)ccc1Cl. The lowest BCUT2D eigenvalue weighted by Crippen LogP contribution is -2.48. The van der Waals surface area contributed by atoms with Gasteiger partial charge in [-0.3, -0.25) is 4.79 Å². The number of sulfonamides is 1. The number of nitrogens with zero attached hydrogens (tertiary/aromatic N) is 2. The van der Waals surface area contributed by atoms with Crippen molar-refractivity contribution in [2.75, 3.05) is 13.1 Å². The van der Waals surface area contributed by atoms with E-state index in [0.717, 1.165) is 15.4 Å². The molecule has 1 aliphatic rings. The molecule has 1 amide bonds. The van der Waals surface area contributed by atoms with Gasteiger partial charge in [-0.15, -0.1) is 11.3 Å². The van der Waals surface area contributed by atoms with Crippen LogP contribution in [0.1, 0.15) is 35.9 Å². The van der Waals surface area contributed by atoms with Gasteiger partial charge in [-0.2, -0.15) is 4.31 Å². The van der Waals surface area contributed by atoms with Crippen LogP contribution < -0.4 is 0 Å². The van der Waals surface area contributed by atoms with Crippen molar-refractivity contribution < 1.29 is 13.2 Å². The summed E-state index contributed by atoms with van der Waals surface area (Å²) in [5, 5.41) is 3.20. The number of carbonyl (C=O) groups excluding carboxylic acids is 1. The topological polar surface area (TPSA) is 57.7 Å². The van der Waals surface area contributed by atoms with E-state index in [2.05, 4.69) is 0 Å². The third-order valence-corrected chi connectivity index (χ3v) is 10.2. The Morgan fingerprint density at radius 1 is 1.03 bits per heavy atom. The number of hydrogen-bond donors (Lipinski definition) is 0. The van der Waals surface area contributed by atoms with Crippen LogP contribution in [0.4, 0.5) is 0 Å². The molecule has 1 aliphatic heterocycles. The molecule has 0 bridgehead atoms. The predicted octanol–water partition coefficient (Wildman–Crippen LogP) is 6.94. The minimum Gasteiger partial charge on any atom is -0.330 e. The van der Waals surface area contributed by atoms with Gasteiger partial charge in [0, 0.05) is 32.5 Å². The van der Waals surface area contributed by atoms with E-state index in [9.17, 15) is 13.2 Å². The van der Waals surface area contributed by atoms with Gasteiger partial charge in [-0.1, -0.05) is 52.5 Å². The summed E-state index contributed by atoms with van der Waals surface area (Å²) in [4.78, 5) is 16.5. The van der Waals surface area contributed by atoms with Gasteiger partial charge in [0.15, 0.2) is 0 Å². The maximum atomic E-state index is 13.7. The van der Waals surface area contributed by atoms with Crippen molar-refractivity contribution in [1.29, 1.82) is 0 Å². The third kappa shape index (κ3) is 5.37. The first-order chi connectivity index (χ1) is 16.5. The lowest BCUT2D eigenvalue weighted by atomic mass is 9.93. The number of halogens is 4. The molecule has 1 unspecified atom stereocenters. The number of carbonyl (C=O) groups is 1. The van der Waals surface area contributed by atoms with Crippen LogP contribution in [0.3, 0.4) is 0 Å². The highest BCUT2D eigenvalue weighted by molar-refractivity contribution is 7.89. The molecule has 0 N–H and O–H groups in total. The molecule has 3 aromatic rings. The lowest BCUT2D eigenvalue weighted by Gasteiger charge is -2.38. The van der Waals surface area contributed by atoms with Crippen molar-refractivity contribution in [3.63, 3.8) is 0 Å². The number of fused-ring (bicyclic) bond motifs is 1. The zero-order chi connectivity index (χ0) is 25.5. The van der Waals surface area contributed by atoms with Crippen molar-refractivity contribution in [1.82, 2.24) is 9.21 Å². The molecule has 0 radical (unpaired) electrons. The molecule has 0 spiro atoms. The largest absolute Gasteiger partial charge is 0.330 e. The second-order valence-electron chi connectivity index (χ2n) is 8.42. The van der Waals surface area contributed by atoms with Gasteiger partial charge in [0.1, 0.15) is 4.90 Å². The van der Waals surface area contributed by atoms with E-state index < -0.39 is 22.1 Å². The molecule has 2 heterocycles. The summed E-state index contributed by atoms with van der Waals surface area (Å²) >= 11 is 26.6. The monoisotopic (exact) mass is 590 g/mol. The normalized spacial score (nSPS) is 16.1. The van der Waals surface area contributed by atoms with Crippen LogP contribution in [0, 0.1) is 0 Å². The van der Waals surface area contributed by atoms with Crippen LogP contribution in [-0.4, -0.2) is 42.7 Å². The Bertz CT molecular complexity index is 1370. The maximum absolute atomic E-state index is 13.7. The Kier molecular flexibility index (Phi) is 8.08. The Balaban J connectivity index is 1.71. The number of thiophene rings is 1. The van der Waals surface area contributed by atoms with Gasteiger partial charge < -0.3 is 4.90 Å². The second-order valence-corrected chi connectivity index (χ2v) is 13.0. The molecule has 186 valence electrons. The van der Waals surface area contributed by atoms with E-state index in [1.54, 1.807) is 42.2 Å². The number of hydrogen-bond acceptors (Lipinski definition) is 4. The van der Waals surface area contributed by atoms with Crippen LogP contribution in [0.2, 0.25) is 20.1 Å². The van der Waals surface area contributed by atoms with Gasteiger partial charge in [-0.05, 0) is 73.2 Å². The molecule has 0 aliphatic carbocycles. The molecular formula is C24H22Cl4N2O3S2. The van der Waals surface area contributed by atoms with E-state index in [0.29, 0.717) is 23.0 Å². The minimum atomic E-state index is -4.10. The maximum Gasteiger partial charge on any atom is 0.245 e. The quantitative estimate of drug-likeness (QED) is 0.312. The summed E-state index contributed by atoms with van der Waals surface area (Å²) in [6, 6.07) is 10.5. The zero-order valence-corrected chi connectivity index (χ0v) is 23.5. The summed E-state index contributed by atoms with van der Waals surface area (Å²) in [7, 11) is -4.10. The van der Waals surface area contributed by atoms with E-state index in [1.807, 2.05) is 17.5 Å². The van der Waals surface area contributed by atoms with Gasteiger partial charge in [0.2, 0.25) is 15.9 Å². The highest BCUT2D eigenvalue weighted by atomic mass is 35.5. The lowest BCUT2D eigenvalue weighted by molar-refractivity contribution is -0.133. The summed E-state index contributed by atoms with van der Waals surface area (Å²) in [5.41, 5.74) is 1.72. The molecule has 0 saturated heterocycles.